The van der Waals surface area contributed by atoms with Gasteiger partial charge in [0.05, 0.1) is 18.8 Å². The molecule has 2 saturated carbocycles. The molecule has 230 valence electrons. The van der Waals surface area contributed by atoms with E-state index in [9.17, 15) is 25.5 Å². The maximum atomic E-state index is 10.8. The van der Waals surface area contributed by atoms with Crippen molar-refractivity contribution in [3.05, 3.63) is 46.6 Å². The number of hydrogen-bond acceptors (Lipinski definition) is 7. The summed E-state index contributed by atoms with van der Waals surface area (Å²) in [5, 5.41) is 51.7. The highest BCUT2D eigenvalue weighted by atomic mass is 16.7. The quantitative estimate of drug-likeness (QED) is 0.324. The molecule has 5 N–H and O–H groups in total. The Bertz CT molecular complexity index is 1100. The molecule has 1 heterocycles. The summed E-state index contributed by atoms with van der Waals surface area (Å²) in [5.74, 6) is 1.74. The fourth-order valence-electron chi connectivity index (χ4n) is 8.50. The van der Waals surface area contributed by atoms with Gasteiger partial charge < -0.3 is 35.0 Å². The number of ether oxygens (including phenoxy) is 2. The summed E-state index contributed by atoms with van der Waals surface area (Å²) in [6.07, 6.45) is 7.42. The van der Waals surface area contributed by atoms with Crippen LogP contribution >= 0.6 is 0 Å². The molecule has 0 bridgehead atoms. The van der Waals surface area contributed by atoms with Crippen molar-refractivity contribution in [2.75, 3.05) is 6.61 Å². The first-order valence-electron chi connectivity index (χ1n) is 15.8. The lowest BCUT2D eigenvalue weighted by Crippen LogP contribution is -2.59. The third-order valence-electron chi connectivity index (χ3n) is 11.6. The Morgan fingerprint density at radius 1 is 1.07 bits per heavy atom. The van der Waals surface area contributed by atoms with E-state index in [0.29, 0.717) is 30.1 Å². The monoisotopic (exact) mass is 572 g/mol. The molecule has 1 aliphatic heterocycles. The van der Waals surface area contributed by atoms with E-state index in [4.69, 9.17) is 9.47 Å². The van der Waals surface area contributed by atoms with Gasteiger partial charge in [-0.05, 0) is 84.8 Å². The standard InChI is InChI=1S/C34H52O7/c1-18(2)19(3)7-8-20(4)28-26(40-32-31(39)30(38)29(37)27(17-35)41-32)16-25-23-10-9-21-15-22(36)11-13-33(21,5)24(23)12-14-34(25,28)6/h7-10,18-19,21-22,24,26-27,29-32,35-39H,11-17H2,1-6H3/b8-7+,28-20-/t19?,21-,22-,24-,26+,27+,29+,30-,31-,32+,33-,34-/m0/s1. The highest BCUT2D eigenvalue weighted by molar-refractivity contribution is 5.52. The zero-order valence-electron chi connectivity index (χ0n) is 25.7. The van der Waals surface area contributed by atoms with Crippen molar-refractivity contribution in [1.29, 1.82) is 0 Å². The molecule has 0 spiro atoms. The van der Waals surface area contributed by atoms with E-state index in [2.05, 4.69) is 65.8 Å². The van der Waals surface area contributed by atoms with Crippen molar-refractivity contribution >= 4 is 0 Å². The Labute approximate surface area is 245 Å². The van der Waals surface area contributed by atoms with Crippen LogP contribution in [0.25, 0.3) is 0 Å². The lowest BCUT2D eigenvalue weighted by molar-refractivity contribution is -0.307. The Morgan fingerprint density at radius 3 is 2.49 bits per heavy atom. The molecule has 0 amide bonds. The highest BCUT2D eigenvalue weighted by Gasteiger charge is 2.56. The number of aliphatic hydroxyl groups is 5. The van der Waals surface area contributed by atoms with E-state index in [0.717, 1.165) is 37.7 Å². The van der Waals surface area contributed by atoms with Crippen molar-refractivity contribution < 1.29 is 35.0 Å². The van der Waals surface area contributed by atoms with Crippen LogP contribution < -0.4 is 0 Å². The zero-order valence-corrected chi connectivity index (χ0v) is 25.7. The van der Waals surface area contributed by atoms with Crippen molar-refractivity contribution in [1.82, 2.24) is 0 Å². The van der Waals surface area contributed by atoms with Gasteiger partial charge in [0.15, 0.2) is 6.29 Å². The van der Waals surface area contributed by atoms with Gasteiger partial charge in [0.1, 0.15) is 24.4 Å². The molecule has 41 heavy (non-hydrogen) atoms. The average molecular weight is 573 g/mol. The minimum atomic E-state index is -1.48. The molecular formula is C34H52O7. The first kappa shape index (κ1) is 31.1. The van der Waals surface area contributed by atoms with Gasteiger partial charge in [-0.3, -0.25) is 0 Å². The van der Waals surface area contributed by atoms with Crippen molar-refractivity contribution in [2.45, 2.75) is 123 Å². The van der Waals surface area contributed by atoms with Gasteiger partial charge in [0.25, 0.3) is 0 Å². The molecule has 3 fully saturated rings. The van der Waals surface area contributed by atoms with Gasteiger partial charge in [0, 0.05) is 11.8 Å². The summed E-state index contributed by atoms with van der Waals surface area (Å²) in [5.41, 5.74) is 5.01. The second kappa shape index (κ2) is 11.6. The van der Waals surface area contributed by atoms with E-state index in [1.165, 1.54) is 16.7 Å². The maximum Gasteiger partial charge on any atom is 0.187 e. The normalized spacial score (nSPS) is 46.5. The molecule has 7 heteroatoms. The van der Waals surface area contributed by atoms with Crippen LogP contribution in [0.1, 0.15) is 80.1 Å². The van der Waals surface area contributed by atoms with Crippen LogP contribution in [0, 0.1) is 34.5 Å². The number of fused-ring (bicyclic) bond motifs is 4. The van der Waals surface area contributed by atoms with E-state index < -0.39 is 37.3 Å². The molecular weight excluding hydrogens is 520 g/mol. The number of hydrogen-bond donors (Lipinski definition) is 5. The fourth-order valence-corrected chi connectivity index (χ4v) is 8.50. The Balaban J connectivity index is 1.56. The van der Waals surface area contributed by atoms with Crippen LogP contribution in [0.2, 0.25) is 0 Å². The fraction of sp³-hybridized carbons (Fsp3) is 0.765. The van der Waals surface area contributed by atoms with E-state index >= 15 is 0 Å². The predicted octanol–water partition coefficient (Wildman–Crippen LogP) is 4.19. The second-order valence-electron chi connectivity index (χ2n) is 14.3. The Hall–Kier alpha value is -1.32. The molecule has 0 radical (unpaired) electrons. The topological polar surface area (TPSA) is 120 Å². The van der Waals surface area contributed by atoms with Gasteiger partial charge in [-0.2, -0.15) is 0 Å². The van der Waals surface area contributed by atoms with Crippen LogP contribution in [0.15, 0.2) is 46.6 Å². The number of rotatable bonds is 6. The molecule has 0 aromatic heterocycles. The number of allylic oxidation sites excluding steroid dienone is 6. The lowest BCUT2D eigenvalue weighted by Gasteiger charge is -2.53. The van der Waals surface area contributed by atoms with Gasteiger partial charge in [-0.25, -0.2) is 0 Å². The summed E-state index contributed by atoms with van der Waals surface area (Å²) in [7, 11) is 0. The third-order valence-corrected chi connectivity index (χ3v) is 11.6. The highest BCUT2D eigenvalue weighted by Crippen LogP contribution is 2.64. The van der Waals surface area contributed by atoms with Crippen LogP contribution in [0.4, 0.5) is 0 Å². The molecule has 5 aliphatic rings. The molecule has 7 nitrogen and oxygen atoms in total. The van der Waals surface area contributed by atoms with E-state index in [1.807, 2.05) is 0 Å². The molecule has 0 aromatic carbocycles. The number of aliphatic hydroxyl groups excluding tert-OH is 5. The maximum absolute atomic E-state index is 10.8. The first-order valence-corrected chi connectivity index (χ1v) is 15.8. The smallest absolute Gasteiger partial charge is 0.187 e. The van der Waals surface area contributed by atoms with Gasteiger partial charge in [0.2, 0.25) is 0 Å². The van der Waals surface area contributed by atoms with Crippen molar-refractivity contribution in [3.63, 3.8) is 0 Å². The summed E-state index contributed by atoms with van der Waals surface area (Å²) in [6, 6.07) is 0. The molecule has 1 unspecified atom stereocenters. The predicted molar refractivity (Wildman–Crippen MR) is 158 cm³/mol. The molecule has 4 aliphatic carbocycles. The van der Waals surface area contributed by atoms with E-state index in [-0.39, 0.29) is 23.0 Å². The average Bonchev–Trinajstić information content (AvgIpc) is 3.23. The Morgan fingerprint density at radius 2 is 1.80 bits per heavy atom. The lowest BCUT2D eigenvalue weighted by atomic mass is 9.51. The molecule has 1 saturated heterocycles. The summed E-state index contributed by atoms with van der Waals surface area (Å²) in [4.78, 5) is 0. The summed E-state index contributed by atoms with van der Waals surface area (Å²) >= 11 is 0. The minimum absolute atomic E-state index is 0.124. The molecule has 12 atom stereocenters. The van der Waals surface area contributed by atoms with Crippen LogP contribution in [0.5, 0.6) is 0 Å². The SMILES string of the molecule is CC(/C=C/C(C)C(C)C)=C1\[C@H](O[C@@H]2O[C@H](CO)[C@@H](O)[C@H](O)[C@@H]2O)CC2=C3C=C[C@H]4C[C@@H](O)CC[C@]4(C)[C@H]3CC[C@@]21C. The van der Waals surface area contributed by atoms with Gasteiger partial charge in [-0.1, -0.05) is 64.5 Å². The van der Waals surface area contributed by atoms with Crippen LogP contribution in [-0.2, 0) is 9.47 Å². The second-order valence-corrected chi connectivity index (χ2v) is 14.3. The largest absolute Gasteiger partial charge is 0.394 e. The Kier molecular flexibility index (Phi) is 8.84. The minimum Gasteiger partial charge on any atom is -0.394 e. The first-order chi connectivity index (χ1) is 19.3. The summed E-state index contributed by atoms with van der Waals surface area (Å²) < 4.78 is 12.4. The molecule has 5 rings (SSSR count). The molecule has 0 aromatic rings. The van der Waals surface area contributed by atoms with Gasteiger partial charge in [-0.15, -0.1) is 0 Å². The summed E-state index contributed by atoms with van der Waals surface area (Å²) in [6.45, 7) is 13.1. The van der Waals surface area contributed by atoms with Crippen LogP contribution in [0.3, 0.4) is 0 Å². The van der Waals surface area contributed by atoms with E-state index in [1.54, 1.807) is 0 Å². The zero-order chi connectivity index (χ0) is 29.9. The van der Waals surface area contributed by atoms with Crippen LogP contribution in [-0.4, -0.2) is 75.1 Å². The third kappa shape index (κ3) is 5.34. The van der Waals surface area contributed by atoms with Crippen molar-refractivity contribution in [2.24, 2.45) is 34.5 Å². The van der Waals surface area contributed by atoms with Gasteiger partial charge >= 0.3 is 0 Å². The van der Waals surface area contributed by atoms with Crippen molar-refractivity contribution in [3.8, 4) is 0 Å².